The molecule has 0 aliphatic heterocycles. The standard InChI is InChI=1S/C22H26N2O/c1-2-3-4-5-6-9-16-25-21-13-11-19(12-14-21)17-20(18-23)22-10-7-8-15-24-22/h7-8,10-15,17H,2-6,9,16H2,1H3/b20-17-. The molecule has 0 aliphatic rings. The molecule has 1 heterocycles. The number of allylic oxidation sites excluding steroid dienone is 1. The van der Waals surface area contributed by atoms with E-state index in [2.05, 4.69) is 18.0 Å². The van der Waals surface area contributed by atoms with E-state index in [0.29, 0.717) is 11.3 Å². The second kappa shape index (κ2) is 11.0. The van der Waals surface area contributed by atoms with Crippen LogP contribution >= 0.6 is 0 Å². The first-order valence-corrected chi connectivity index (χ1v) is 9.09. The van der Waals surface area contributed by atoms with Crippen molar-refractivity contribution in [2.45, 2.75) is 45.4 Å². The van der Waals surface area contributed by atoms with Crippen molar-refractivity contribution in [3.05, 3.63) is 59.9 Å². The van der Waals surface area contributed by atoms with Crippen LogP contribution in [-0.2, 0) is 0 Å². The molecule has 0 fully saturated rings. The van der Waals surface area contributed by atoms with Crippen LogP contribution in [0.3, 0.4) is 0 Å². The van der Waals surface area contributed by atoms with E-state index < -0.39 is 0 Å². The van der Waals surface area contributed by atoms with Crippen molar-refractivity contribution in [1.82, 2.24) is 4.98 Å². The first-order valence-electron chi connectivity index (χ1n) is 9.09. The highest BCUT2D eigenvalue weighted by atomic mass is 16.5. The van der Waals surface area contributed by atoms with Gasteiger partial charge in [-0.05, 0) is 42.3 Å². The summed E-state index contributed by atoms with van der Waals surface area (Å²) in [5.74, 6) is 0.877. The van der Waals surface area contributed by atoms with Crippen LogP contribution < -0.4 is 4.74 Å². The molecule has 1 aromatic heterocycles. The van der Waals surface area contributed by atoms with E-state index in [0.717, 1.165) is 24.3 Å². The lowest BCUT2D eigenvalue weighted by molar-refractivity contribution is 0.304. The number of benzene rings is 1. The van der Waals surface area contributed by atoms with Crippen LogP contribution in [0, 0.1) is 11.3 Å². The van der Waals surface area contributed by atoms with Gasteiger partial charge in [-0.3, -0.25) is 4.98 Å². The molecule has 0 spiro atoms. The van der Waals surface area contributed by atoms with Gasteiger partial charge in [-0.15, -0.1) is 0 Å². The van der Waals surface area contributed by atoms with Gasteiger partial charge in [0.05, 0.1) is 17.9 Å². The third kappa shape index (κ3) is 6.81. The van der Waals surface area contributed by atoms with Gasteiger partial charge in [0.2, 0.25) is 0 Å². The van der Waals surface area contributed by atoms with Crippen LogP contribution in [-0.4, -0.2) is 11.6 Å². The Morgan fingerprint density at radius 3 is 2.48 bits per heavy atom. The predicted molar refractivity (Wildman–Crippen MR) is 103 cm³/mol. The zero-order valence-electron chi connectivity index (χ0n) is 14.9. The lowest BCUT2D eigenvalue weighted by atomic mass is 10.1. The number of hydrogen-bond acceptors (Lipinski definition) is 3. The van der Waals surface area contributed by atoms with Gasteiger partial charge >= 0.3 is 0 Å². The minimum Gasteiger partial charge on any atom is -0.494 e. The van der Waals surface area contributed by atoms with Crippen molar-refractivity contribution in [3.8, 4) is 11.8 Å². The van der Waals surface area contributed by atoms with E-state index in [4.69, 9.17) is 4.74 Å². The maximum atomic E-state index is 9.33. The van der Waals surface area contributed by atoms with Crippen molar-refractivity contribution >= 4 is 11.6 Å². The van der Waals surface area contributed by atoms with Crippen molar-refractivity contribution in [1.29, 1.82) is 5.26 Å². The van der Waals surface area contributed by atoms with E-state index in [1.807, 2.05) is 48.5 Å². The molecule has 0 saturated heterocycles. The Hall–Kier alpha value is -2.60. The smallest absolute Gasteiger partial charge is 0.119 e. The van der Waals surface area contributed by atoms with Gasteiger partial charge in [0.1, 0.15) is 11.8 Å². The van der Waals surface area contributed by atoms with Crippen LogP contribution in [0.4, 0.5) is 0 Å². The number of nitrogens with zero attached hydrogens (tertiary/aromatic N) is 2. The highest BCUT2D eigenvalue weighted by Crippen LogP contribution is 2.18. The molecule has 0 saturated carbocycles. The molecule has 0 atom stereocenters. The van der Waals surface area contributed by atoms with Crippen molar-refractivity contribution in [2.24, 2.45) is 0 Å². The Kier molecular flexibility index (Phi) is 8.27. The number of rotatable bonds is 10. The SMILES string of the molecule is CCCCCCCCOc1ccc(/C=C(/C#N)c2ccccn2)cc1. The number of ether oxygens (including phenoxy) is 1. The third-order valence-electron chi connectivity index (χ3n) is 4.02. The molecule has 0 unspecified atom stereocenters. The molecule has 3 nitrogen and oxygen atoms in total. The fraction of sp³-hybridized carbons (Fsp3) is 0.364. The van der Waals surface area contributed by atoms with Gasteiger partial charge in [-0.1, -0.05) is 57.2 Å². The summed E-state index contributed by atoms with van der Waals surface area (Å²) in [5, 5.41) is 9.33. The Balaban J connectivity index is 1.83. The van der Waals surface area contributed by atoms with Crippen LogP contribution in [0.5, 0.6) is 5.75 Å². The largest absolute Gasteiger partial charge is 0.494 e. The van der Waals surface area contributed by atoms with Gasteiger partial charge in [0.15, 0.2) is 0 Å². The molecule has 0 N–H and O–H groups in total. The monoisotopic (exact) mass is 334 g/mol. The molecular weight excluding hydrogens is 308 g/mol. The second-order valence-electron chi connectivity index (χ2n) is 6.07. The van der Waals surface area contributed by atoms with Gasteiger partial charge < -0.3 is 4.74 Å². The number of hydrogen-bond donors (Lipinski definition) is 0. The molecule has 0 radical (unpaired) electrons. The highest BCUT2D eigenvalue weighted by Gasteiger charge is 2.02. The zero-order valence-corrected chi connectivity index (χ0v) is 14.9. The summed E-state index contributed by atoms with van der Waals surface area (Å²) >= 11 is 0. The average molecular weight is 334 g/mol. The van der Waals surface area contributed by atoms with Crippen LogP contribution in [0.15, 0.2) is 48.7 Å². The molecular formula is C22H26N2O. The Morgan fingerprint density at radius 2 is 1.80 bits per heavy atom. The van der Waals surface area contributed by atoms with Crippen molar-refractivity contribution in [2.75, 3.05) is 6.61 Å². The summed E-state index contributed by atoms with van der Waals surface area (Å²) in [6.07, 6.45) is 11.1. The van der Waals surface area contributed by atoms with E-state index in [1.54, 1.807) is 6.20 Å². The Bertz CT molecular complexity index is 684. The lowest BCUT2D eigenvalue weighted by Gasteiger charge is -2.06. The molecule has 3 heteroatoms. The summed E-state index contributed by atoms with van der Waals surface area (Å²) in [6.45, 7) is 3.00. The predicted octanol–water partition coefficient (Wildman–Crippen LogP) is 5.89. The fourth-order valence-electron chi connectivity index (χ4n) is 2.58. The van der Waals surface area contributed by atoms with Gasteiger partial charge in [0.25, 0.3) is 0 Å². The molecule has 0 amide bonds. The molecule has 25 heavy (non-hydrogen) atoms. The van der Waals surface area contributed by atoms with E-state index in [1.165, 1.54) is 32.1 Å². The lowest BCUT2D eigenvalue weighted by Crippen LogP contribution is -1.97. The summed E-state index contributed by atoms with van der Waals surface area (Å²) in [5.41, 5.74) is 2.21. The van der Waals surface area contributed by atoms with E-state index in [9.17, 15) is 5.26 Å². The van der Waals surface area contributed by atoms with Gasteiger partial charge in [-0.25, -0.2) is 0 Å². The zero-order chi connectivity index (χ0) is 17.7. The van der Waals surface area contributed by atoms with Gasteiger partial charge in [0, 0.05) is 6.20 Å². The van der Waals surface area contributed by atoms with Crippen molar-refractivity contribution < 1.29 is 4.74 Å². The molecule has 1 aromatic carbocycles. The Morgan fingerprint density at radius 1 is 1.04 bits per heavy atom. The molecule has 0 bridgehead atoms. The molecule has 2 aromatic rings. The van der Waals surface area contributed by atoms with Crippen molar-refractivity contribution in [3.63, 3.8) is 0 Å². The molecule has 2 rings (SSSR count). The number of nitriles is 1. The minimum absolute atomic E-state index is 0.557. The fourth-order valence-corrected chi connectivity index (χ4v) is 2.58. The van der Waals surface area contributed by atoms with Crippen LogP contribution in [0.2, 0.25) is 0 Å². The summed E-state index contributed by atoms with van der Waals surface area (Å²) in [6, 6.07) is 15.6. The quantitative estimate of drug-likeness (QED) is 0.402. The van der Waals surface area contributed by atoms with E-state index >= 15 is 0 Å². The summed E-state index contributed by atoms with van der Waals surface area (Å²) < 4.78 is 5.79. The third-order valence-corrected chi connectivity index (χ3v) is 4.02. The molecule has 130 valence electrons. The first-order chi connectivity index (χ1) is 12.3. The first kappa shape index (κ1) is 18.7. The number of aromatic nitrogens is 1. The minimum atomic E-state index is 0.557. The van der Waals surface area contributed by atoms with Gasteiger partial charge in [-0.2, -0.15) is 5.26 Å². The average Bonchev–Trinajstić information content (AvgIpc) is 2.67. The summed E-state index contributed by atoms with van der Waals surface area (Å²) in [4.78, 5) is 4.22. The summed E-state index contributed by atoms with van der Waals surface area (Å²) in [7, 11) is 0. The topological polar surface area (TPSA) is 45.9 Å². The number of pyridine rings is 1. The van der Waals surface area contributed by atoms with E-state index in [-0.39, 0.29) is 0 Å². The second-order valence-corrected chi connectivity index (χ2v) is 6.07. The maximum absolute atomic E-state index is 9.33. The van der Waals surface area contributed by atoms with Crippen LogP contribution in [0.25, 0.3) is 11.6 Å². The Labute approximate surface area is 151 Å². The van der Waals surface area contributed by atoms with Crippen LogP contribution in [0.1, 0.15) is 56.7 Å². The highest BCUT2D eigenvalue weighted by molar-refractivity contribution is 5.88. The normalized spacial score (nSPS) is 11.1. The number of unbranched alkanes of at least 4 members (excludes halogenated alkanes) is 5. The maximum Gasteiger partial charge on any atom is 0.119 e. The molecule has 0 aliphatic carbocycles.